The van der Waals surface area contributed by atoms with Gasteiger partial charge in [0.1, 0.15) is 5.75 Å². The summed E-state index contributed by atoms with van der Waals surface area (Å²) in [4.78, 5) is 12.8. The minimum absolute atomic E-state index is 0. The second kappa shape index (κ2) is 10.4. The van der Waals surface area contributed by atoms with Gasteiger partial charge in [-0.2, -0.15) is 4.31 Å². The van der Waals surface area contributed by atoms with E-state index in [0.717, 1.165) is 45.1 Å². The van der Waals surface area contributed by atoms with Crippen LogP contribution in [-0.2, 0) is 10.0 Å². The van der Waals surface area contributed by atoms with E-state index >= 15 is 0 Å². The Kier molecular flexibility index (Phi) is 8.55. The first-order valence-corrected chi connectivity index (χ1v) is 11.2. The van der Waals surface area contributed by atoms with Gasteiger partial charge in [-0.05, 0) is 50.4 Å². The van der Waals surface area contributed by atoms with Crippen molar-refractivity contribution in [2.24, 2.45) is 0 Å². The summed E-state index contributed by atoms with van der Waals surface area (Å²) in [5.41, 5.74) is 0.256. The van der Waals surface area contributed by atoms with Gasteiger partial charge in [-0.15, -0.1) is 12.4 Å². The van der Waals surface area contributed by atoms with E-state index in [1.165, 1.54) is 23.5 Å². The maximum atomic E-state index is 13.0. The molecule has 158 valence electrons. The molecule has 0 radical (unpaired) electrons. The van der Waals surface area contributed by atoms with E-state index in [1.54, 1.807) is 6.07 Å². The van der Waals surface area contributed by atoms with Gasteiger partial charge in [0.05, 0.1) is 17.6 Å². The fraction of sp³-hybridized carbons (Fsp3) is 0.632. The molecule has 1 atom stereocenters. The lowest BCUT2D eigenvalue weighted by molar-refractivity contribution is 0.0947. The van der Waals surface area contributed by atoms with E-state index in [2.05, 4.69) is 10.6 Å². The molecule has 0 aliphatic carbocycles. The molecule has 9 heteroatoms. The van der Waals surface area contributed by atoms with Gasteiger partial charge in [-0.3, -0.25) is 4.79 Å². The highest BCUT2D eigenvalue weighted by molar-refractivity contribution is 7.89. The maximum absolute atomic E-state index is 13.0. The lowest BCUT2D eigenvalue weighted by Crippen LogP contribution is -2.37. The second-order valence-corrected chi connectivity index (χ2v) is 9.12. The highest BCUT2D eigenvalue weighted by Gasteiger charge is 2.27. The van der Waals surface area contributed by atoms with Crippen molar-refractivity contribution >= 4 is 28.3 Å². The predicted molar refractivity (Wildman–Crippen MR) is 111 cm³/mol. The molecule has 0 saturated carbocycles. The number of ether oxygens (including phenoxy) is 1. The van der Waals surface area contributed by atoms with E-state index in [4.69, 9.17) is 4.74 Å². The first-order valence-electron chi connectivity index (χ1n) is 9.72. The maximum Gasteiger partial charge on any atom is 0.255 e. The van der Waals surface area contributed by atoms with Crippen LogP contribution in [0.2, 0.25) is 0 Å². The second-order valence-electron chi connectivity index (χ2n) is 7.18. The molecule has 2 saturated heterocycles. The third kappa shape index (κ3) is 5.37. The number of sulfonamides is 1. The molecular weight excluding hydrogens is 402 g/mol. The zero-order valence-corrected chi connectivity index (χ0v) is 17.9. The average molecular weight is 432 g/mol. The van der Waals surface area contributed by atoms with Crippen molar-refractivity contribution in [2.75, 3.05) is 33.3 Å². The van der Waals surface area contributed by atoms with Gasteiger partial charge in [-0.25, -0.2) is 8.42 Å². The number of methoxy groups -OCH3 is 1. The number of amides is 1. The number of hydrogen-bond acceptors (Lipinski definition) is 5. The molecule has 1 unspecified atom stereocenters. The Morgan fingerprint density at radius 2 is 1.93 bits per heavy atom. The molecule has 2 aliphatic heterocycles. The van der Waals surface area contributed by atoms with E-state index in [1.807, 2.05) is 0 Å². The normalized spacial score (nSPS) is 20.8. The number of benzene rings is 1. The molecular formula is C19H30ClN3O4S. The van der Waals surface area contributed by atoms with Crippen molar-refractivity contribution in [1.29, 1.82) is 0 Å². The van der Waals surface area contributed by atoms with Gasteiger partial charge in [0.25, 0.3) is 5.91 Å². The fourth-order valence-electron chi connectivity index (χ4n) is 3.70. The summed E-state index contributed by atoms with van der Waals surface area (Å²) >= 11 is 0. The quantitative estimate of drug-likeness (QED) is 0.720. The average Bonchev–Trinajstić information content (AvgIpc) is 3.04. The summed E-state index contributed by atoms with van der Waals surface area (Å²) < 4.78 is 32.9. The van der Waals surface area contributed by atoms with E-state index in [-0.39, 0.29) is 34.8 Å². The van der Waals surface area contributed by atoms with Crippen molar-refractivity contribution in [2.45, 2.75) is 49.5 Å². The molecule has 0 aromatic heterocycles. The Morgan fingerprint density at radius 3 is 2.54 bits per heavy atom. The number of halogens is 1. The van der Waals surface area contributed by atoms with E-state index < -0.39 is 10.0 Å². The molecule has 2 fully saturated rings. The summed E-state index contributed by atoms with van der Waals surface area (Å²) in [7, 11) is -2.13. The Hall–Kier alpha value is -1.35. The number of nitrogens with one attached hydrogen (secondary N) is 2. The van der Waals surface area contributed by atoms with E-state index in [0.29, 0.717) is 25.4 Å². The number of carbonyl (C=O) groups excluding carboxylic acids is 1. The molecule has 28 heavy (non-hydrogen) atoms. The lowest BCUT2D eigenvalue weighted by atomic mass is 10.1. The van der Waals surface area contributed by atoms with Crippen LogP contribution in [0.15, 0.2) is 23.1 Å². The lowest BCUT2D eigenvalue weighted by Gasteiger charge is -2.21. The van der Waals surface area contributed by atoms with Crippen molar-refractivity contribution < 1.29 is 17.9 Å². The van der Waals surface area contributed by atoms with E-state index in [9.17, 15) is 13.2 Å². The van der Waals surface area contributed by atoms with Crippen molar-refractivity contribution in [3.63, 3.8) is 0 Å². The molecule has 0 spiro atoms. The molecule has 1 amide bonds. The Balaban J connectivity index is 0.00000280. The number of rotatable bonds is 6. The number of nitrogens with zero attached hydrogens (tertiary/aromatic N) is 1. The van der Waals surface area contributed by atoms with Crippen molar-refractivity contribution in [1.82, 2.24) is 14.9 Å². The summed E-state index contributed by atoms with van der Waals surface area (Å²) in [6, 6.07) is 4.79. The van der Waals surface area contributed by atoms with Crippen LogP contribution < -0.4 is 15.4 Å². The van der Waals surface area contributed by atoms with Crippen LogP contribution in [0.4, 0.5) is 0 Å². The third-order valence-electron chi connectivity index (χ3n) is 5.29. The molecule has 1 aromatic carbocycles. The molecule has 2 heterocycles. The zero-order valence-electron chi connectivity index (χ0n) is 16.3. The summed E-state index contributed by atoms with van der Waals surface area (Å²) in [5.74, 6) is 0.0650. The smallest absolute Gasteiger partial charge is 0.255 e. The third-order valence-corrected chi connectivity index (χ3v) is 7.18. The highest BCUT2D eigenvalue weighted by atomic mass is 35.5. The van der Waals surface area contributed by atoms with Crippen LogP contribution in [0.5, 0.6) is 5.75 Å². The van der Waals surface area contributed by atoms with Crippen LogP contribution in [0.3, 0.4) is 0 Å². The van der Waals surface area contributed by atoms with Crippen LogP contribution in [-0.4, -0.2) is 58.0 Å². The topological polar surface area (TPSA) is 87.7 Å². The Bertz CT molecular complexity index is 758. The first-order chi connectivity index (χ1) is 13.0. The minimum Gasteiger partial charge on any atom is -0.496 e. The molecule has 2 N–H and O–H groups in total. The first kappa shape index (κ1) is 22.9. The van der Waals surface area contributed by atoms with Crippen LogP contribution in [0.1, 0.15) is 48.9 Å². The summed E-state index contributed by atoms with van der Waals surface area (Å²) in [5, 5.41) is 6.22. The highest BCUT2D eigenvalue weighted by Crippen LogP contribution is 2.26. The standard InChI is InChI=1S/C19H29N3O4S.ClH/c1-26-18-9-8-16(27(24,25)22-11-4-2-3-5-12-22)13-17(18)19(23)21-14-15-7-6-10-20-15;/h8-9,13,15,20H,2-7,10-12,14H2,1H3,(H,21,23);1H. The van der Waals surface area contributed by atoms with Gasteiger partial charge in [0.2, 0.25) is 10.0 Å². The fourth-order valence-corrected chi connectivity index (χ4v) is 5.24. The van der Waals surface area contributed by atoms with Crippen molar-refractivity contribution in [3.05, 3.63) is 23.8 Å². The summed E-state index contributed by atoms with van der Waals surface area (Å²) in [6.45, 7) is 2.55. The largest absolute Gasteiger partial charge is 0.496 e. The van der Waals surface area contributed by atoms with Gasteiger partial charge < -0.3 is 15.4 Å². The molecule has 0 bridgehead atoms. The van der Waals surface area contributed by atoms with Crippen LogP contribution in [0.25, 0.3) is 0 Å². The van der Waals surface area contributed by atoms with Crippen LogP contribution >= 0.6 is 12.4 Å². The van der Waals surface area contributed by atoms with Gasteiger partial charge in [-0.1, -0.05) is 12.8 Å². The van der Waals surface area contributed by atoms with Gasteiger partial charge >= 0.3 is 0 Å². The van der Waals surface area contributed by atoms with Crippen LogP contribution in [0, 0.1) is 0 Å². The molecule has 3 rings (SSSR count). The number of carbonyl (C=O) groups is 1. The molecule has 2 aliphatic rings. The number of hydrogen-bond donors (Lipinski definition) is 2. The minimum atomic E-state index is -3.61. The predicted octanol–water partition coefficient (Wildman–Crippen LogP) is 2.16. The Morgan fingerprint density at radius 1 is 1.21 bits per heavy atom. The SMILES string of the molecule is COc1ccc(S(=O)(=O)N2CCCCCC2)cc1C(=O)NCC1CCCN1.Cl. The monoisotopic (exact) mass is 431 g/mol. The molecule has 1 aromatic rings. The zero-order chi connectivity index (χ0) is 19.3. The summed E-state index contributed by atoms with van der Waals surface area (Å²) in [6.07, 6.45) is 5.98. The van der Waals surface area contributed by atoms with Gasteiger partial charge in [0.15, 0.2) is 0 Å². The molecule has 7 nitrogen and oxygen atoms in total. The Labute approximate surface area is 173 Å². The van der Waals surface area contributed by atoms with Gasteiger partial charge in [0, 0.05) is 25.7 Å². The van der Waals surface area contributed by atoms with Crippen molar-refractivity contribution in [3.8, 4) is 5.75 Å².